The number of fused-ring (bicyclic) bond motifs is 1. The fourth-order valence-electron chi connectivity index (χ4n) is 2.89. The summed E-state index contributed by atoms with van der Waals surface area (Å²) in [5.41, 5.74) is 1.54. The summed E-state index contributed by atoms with van der Waals surface area (Å²) in [6.45, 7) is 2.01. The lowest BCUT2D eigenvalue weighted by Gasteiger charge is -2.06. The molecule has 7 heteroatoms. The number of carbonyl (C=O) groups excluding carboxylic acids is 2. The molecule has 1 aromatic heterocycles. The van der Waals surface area contributed by atoms with Crippen molar-refractivity contribution in [1.82, 2.24) is 0 Å². The van der Waals surface area contributed by atoms with Gasteiger partial charge in [0.25, 0.3) is 0 Å². The number of esters is 1. The maximum Gasteiger partial charge on any atom is 0.341 e. The van der Waals surface area contributed by atoms with Crippen LogP contribution < -0.4 is 5.32 Å². The van der Waals surface area contributed by atoms with E-state index in [2.05, 4.69) is 5.32 Å². The van der Waals surface area contributed by atoms with Crippen LogP contribution in [0.5, 0.6) is 0 Å². The molecule has 0 unspecified atom stereocenters. The molecule has 0 atom stereocenters. The average molecular weight is 394 g/mol. The topological polar surface area (TPSA) is 55.4 Å². The average Bonchev–Trinajstić information content (AvgIpc) is 3.15. The van der Waals surface area contributed by atoms with Crippen LogP contribution in [-0.4, -0.2) is 18.5 Å². The van der Waals surface area contributed by atoms with Crippen LogP contribution >= 0.6 is 22.9 Å². The Hall–Kier alpha value is -2.18. The molecule has 0 aliphatic heterocycles. The number of aryl methyl sites for hydroxylation is 1. The molecule has 0 radical (unpaired) electrons. The highest BCUT2D eigenvalue weighted by Gasteiger charge is 2.28. The van der Waals surface area contributed by atoms with Gasteiger partial charge >= 0.3 is 5.97 Å². The maximum atomic E-state index is 13.8. The summed E-state index contributed by atoms with van der Waals surface area (Å²) in [5.74, 6) is -1.40. The lowest BCUT2D eigenvalue weighted by atomic mass is 10.1. The standard InChI is InChI=1S/C19H17ClFNO3S/c1-2-25-19(24)17-12-5-3-8-15(12)26-18(17)22-16(23)10-9-11-13(20)6-4-7-14(11)21/h4,6-7,9-10H,2-3,5,8H2,1H3,(H,22,23). The van der Waals surface area contributed by atoms with E-state index in [1.165, 1.54) is 35.6 Å². The number of nitrogens with one attached hydrogen (secondary N) is 1. The van der Waals surface area contributed by atoms with Crippen molar-refractivity contribution in [2.24, 2.45) is 0 Å². The summed E-state index contributed by atoms with van der Waals surface area (Å²) in [6.07, 6.45) is 5.20. The molecule has 2 aromatic rings. The first-order valence-corrected chi connectivity index (χ1v) is 9.45. The number of hydrogen-bond acceptors (Lipinski definition) is 4. The number of thiophene rings is 1. The number of ether oxygens (including phenoxy) is 1. The molecule has 1 aliphatic carbocycles. The van der Waals surface area contributed by atoms with Crippen molar-refractivity contribution in [2.45, 2.75) is 26.2 Å². The molecule has 0 saturated heterocycles. The van der Waals surface area contributed by atoms with Crippen molar-refractivity contribution in [2.75, 3.05) is 11.9 Å². The Bertz CT molecular complexity index is 871. The molecule has 136 valence electrons. The summed E-state index contributed by atoms with van der Waals surface area (Å²) in [4.78, 5) is 25.6. The molecule has 0 spiro atoms. The highest BCUT2D eigenvalue weighted by Crippen LogP contribution is 2.39. The maximum absolute atomic E-state index is 13.8. The van der Waals surface area contributed by atoms with Gasteiger partial charge in [0, 0.05) is 16.5 Å². The lowest BCUT2D eigenvalue weighted by Crippen LogP contribution is -2.13. The third-order valence-electron chi connectivity index (χ3n) is 4.04. The van der Waals surface area contributed by atoms with E-state index in [1.807, 2.05) is 0 Å². The van der Waals surface area contributed by atoms with Crippen molar-refractivity contribution >= 4 is 45.9 Å². The van der Waals surface area contributed by atoms with Crippen LogP contribution in [0.15, 0.2) is 24.3 Å². The zero-order valence-corrected chi connectivity index (χ0v) is 15.7. The van der Waals surface area contributed by atoms with Gasteiger partial charge in [-0.25, -0.2) is 9.18 Å². The molecule has 1 amide bonds. The van der Waals surface area contributed by atoms with Crippen molar-refractivity contribution in [3.63, 3.8) is 0 Å². The quantitative estimate of drug-likeness (QED) is 0.583. The van der Waals surface area contributed by atoms with Gasteiger partial charge in [-0.3, -0.25) is 4.79 Å². The normalized spacial score (nSPS) is 13.0. The second-order valence-corrected chi connectivity index (χ2v) is 7.25. The van der Waals surface area contributed by atoms with E-state index < -0.39 is 17.7 Å². The van der Waals surface area contributed by atoms with Gasteiger partial charge < -0.3 is 10.1 Å². The van der Waals surface area contributed by atoms with Gasteiger partial charge in [-0.2, -0.15) is 0 Å². The fraction of sp³-hybridized carbons (Fsp3) is 0.263. The summed E-state index contributed by atoms with van der Waals surface area (Å²) in [5, 5.41) is 3.41. The second kappa shape index (κ2) is 8.01. The van der Waals surface area contributed by atoms with Crippen molar-refractivity contribution in [3.05, 3.63) is 56.7 Å². The molecule has 0 bridgehead atoms. The Labute approximate surface area is 159 Å². The molecule has 1 N–H and O–H groups in total. The number of benzene rings is 1. The number of carbonyl (C=O) groups is 2. The Morgan fingerprint density at radius 1 is 1.38 bits per heavy atom. The lowest BCUT2D eigenvalue weighted by molar-refractivity contribution is -0.111. The first-order valence-electron chi connectivity index (χ1n) is 8.26. The molecular formula is C19H17ClFNO3S. The number of rotatable bonds is 5. The van der Waals surface area contributed by atoms with Crippen LogP contribution in [-0.2, 0) is 22.4 Å². The molecule has 1 aromatic carbocycles. The third-order valence-corrected chi connectivity index (χ3v) is 5.58. The number of hydrogen-bond donors (Lipinski definition) is 1. The van der Waals surface area contributed by atoms with Crippen molar-refractivity contribution < 1.29 is 18.7 Å². The minimum atomic E-state index is -0.510. The van der Waals surface area contributed by atoms with Crippen molar-refractivity contribution in [1.29, 1.82) is 0 Å². The van der Waals surface area contributed by atoms with Gasteiger partial charge in [-0.05, 0) is 50.0 Å². The third kappa shape index (κ3) is 3.81. The second-order valence-electron chi connectivity index (χ2n) is 5.74. The Balaban J connectivity index is 1.82. The first-order chi connectivity index (χ1) is 12.5. The van der Waals surface area contributed by atoms with Gasteiger partial charge in [0.05, 0.1) is 17.2 Å². The van der Waals surface area contributed by atoms with Crippen LogP contribution in [0.25, 0.3) is 6.08 Å². The molecule has 4 nitrogen and oxygen atoms in total. The summed E-state index contributed by atoms with van der Waals surface area (Å²) in [7, 11) is 0. The first kappa shape index (κ1) is 18.6. The molecular weight excluding hydrogens is 377 g/mol. The predicted octanol–water partition coefficient (Wildman–Crippen LogP) is 4.86. The molecule has 1 heterocycles. The zero-order valence-electron chi connectivity index (χ0n) is 14.1. The van der Waals surface area contributed by atoms with E-state index >= 15 is 0 Å². The molecule has 26 heavy (non-hydrogen) atoms. The van der Waals surface area contributed by atoms with Gasteiger partial charge in [0.1, 0.15) is 10.8 Å². The van der Waals surface area contributed by atoms with E-state index in [9.17, 15) is 14.0 Å². The Morgan fingerprint density at radius 2 is 2.19 bits per heavy atom. The van der Waals surface area contributed by atoms with Gasteiger partial charge in [0.15, 0.2) is 0 Å². The fourth-order valence-corrected chi connectivity index (χ4v) is 4.40. The number of halogens is 2. The monoisotopic (exact) mass is 393 g/mol. The van der Waals surface area contributed by atoms with Crippen LogP contribution in [0.3, 0.4) is 0 Å². The van der Waals surface area contributed by atoms with Crippen LogP contribution in [0.1, 0.15) is 39.7 Å². The zero-order chi connectivity index (χ0) is 18.7. The van der Waals surface area contributed by atoms with Gasteiger partial charge in [0.2, 0.25) is 5.91 Å². The van der Waals surface area contributed by atoms with Gasteiger partial charge in [-0.1, -0.05) is 17.7 Å². The number of anilines is 1. The SMILES string of the molecule is CCOC(=O)c1c(NC(=O)C=Cc2c(F)cccc2Cl)sc2c1CCC2. The Morgan fingerprint density at radius 3 is 2.92 bits per heavy atom. The summed E-state index contributed by atoms with van der Waals surface area (Å²) < 4.78 is 18.9. The van der Waals surface area contributed by atoms with E-state index in [-0.39, 0.29) is 17.2 Å². The highest BCUT2D eigenvalue weighted by atomic mass is 35.5. The van der Waals surface area contributed by atoms with E-state index in [1.54, 1.807) is 13.0 Å². The largest absolute Gasteiger partial charge is 0.462 e. The minimum absolute atomic E-state index is 0.142. The van der Waals surface area contributed by atoms with Crippen LogP contribution in [0.4, 0.5) is 9.39 Å². The summed E-state index contributed by atoms with van der Waals surface area (Å²) in [6, 6.07) is 4.31. The molecule has 1 aliphatic rings. The van der Waals surface area contributed by atoms with E-state index in [0.29, 0.717) is 10.6 Å². The Kier molecular flexibility index (Phi) is 5.74. The van der Waals surface area contributed by atoms with Crippen molar-refractivity contribution in [3.8, 4) is 0 Å². The van der Waals surface area contributed by atoms with Crippen LogP contribution in [0.2, 0.25) is 5.02 Å². The van der Waals surface area contributed by atoms with E-state index in [4.69, 9.17) is 16.3 Å². The number of amides is 1. The molecule has 0 saturated carbocycles. The van der Waals surface area contributed by atoms with E-state index in [0.717, 1.165) is 29.7 Å². The molecule has 0 fully saturated rings. The van der Waals surface area contributed by atoms with Gasteiger partial charge in [-0.15, -0.1) is 11.3 Å². The van der Waals surface area contributed by atoms with Crippen LogP contribution in [0, 0.1) is 5.82 Å². The minimum Gasteiger partial charge on any atom is -0.462 e. The predicted molar refractivity (Wildman–Crippen MR) is 101 cm³/mol. The summed E-state index contributed by atoms with van der Waals surface area (Å²) >= 11 is 7.34. The highest BCUT2D eigenvalue weighted by molar-refractivity contribution is 7.17. The smallest absolute Gasteiger partial charge is 0.341 e. The molecule has 3 rings (SSSR count).